The monoisotopic (exact) mass is 446 g/mol. The zero-order chi connectivity index (χ0) is 23.0. The summed E-state index contributed by atoms with van der Waals surface area (Å²) in [4.78, 5) is 29.3. The maximum atomic E-state index is 13.1. The van der Waals surface area contributed by atoms with E-state index in [1.54, 1.807) is 11.1 Å². The van der Waals surface area contributed by atoms with E-state index < -0.39 is 0 Å². The summed E-state index contributed by atoms with van der Waals surface area (Å²) in [6.45, 7) is 1.99. The molecule has 3 aromatic rings. The molecule has 1 fully saturated rings. The van der Waals surface area contributed by atoms with E-state index in [0.717, 1.165) is 29.8 Å². The first kappa shape index (κ1) is 22.6. The predicted octanol–water partition coefficient (Wildman–Crippen LogP) is 3.54. The van der Waals surface area contributed by atoms with Crippen LogP contribution in [0.25, 0.3) is 5.69 Å². The average molecular weight is 447 g/mol. The molecule has 1 saturated heterocycles. The van der Waals surface area contributed by atoms with E-state index in [1.807, 2.05) is 83.5 Å². The van der Waals surface area contributed by atoms with E-state index in [4.69, 9.17) is 4.74 Å². The fraction of sp³-hybridized carbons (Fsp3) is 0.346. The van der Waals surface area contributed by atoms with Crippen molar-refractivity contribution in [2.45, 2.75) is 25.8 Å². The minimum atomic E-state index is -0.174. The first-order chi connectivity index (χ1) is 16.1. The molecular formula is C26H30N4O3. The minimum absolute atomic E-state index is 0.0372. The van der Waals surface area contributed by atoms with Crippen molar-refractivity contribution in [3.8, 4) is 11.4 Å². The summed E-state index contributed by atoms with van der Waals surface area (Å²) < 4.78 is 7.46. The molecule has 0 spiro atoms. The second-order valence-corrected chi connectivity index (χ2v) is 8.41. The summed E-state index contributed by atoms with van der Waals surface area (Å²) in [6, 6.07) is 19.4. The van der Waals surface area contributed by atoms with E-state index in [9.17, 15) is 9.59 Å². The van der Waals surface area contributed by atoms with Gasteiger partial charge in [0.25, 0.3) is 0 Å². The topological polar surface area (TPSA) is 67.7 Å². The Morgan fingerprint density at radius 2 is 1.82 bits per heavy atom. The molecule has 4 rings (SSSR count). The van der Waals surface area contributed by atoms with Gasteiger partial charge in [-0.1, -0.05) is 36.4 Å². The first-order valence-electron chi connectivity index (χ1n) is 11.4. The third-order valence-corrected chi connectivity index (χ3v) is 5.90. The molecule has 33 heavy (non-hydrogen) atoms. The summed E-state index contributed by atoms with van der Waals surface area (Å²) in [5.41, 5.74) is 1.95. The molecule has 0 saturated carbocycles. The van der Waals surface area contributed by atoms with Crippen molar-refractivity contribution in [3.05, 3.63) is 78.6 Å². The fourth-order valence-electron chi connectivity index (χ4n) is 4.16. The van der Waals surface area contributed by atoms with Crippen LogP contribution in [0.2, 0.25) is 0 Å². The van der Waals surface area contributed by atoms with Gasteiger partial charge in [0.15, 0.2) is 0 Å². The van der Waals surface area contributed by atoms with Crippen LogP contribution in [0.15, 0.2) is 73.1 Å². The van der Waals surface area contributed by atoms with Crippen LogP contribution in [0.5, 0.6) is 5.75 Å². The molecule has 2 heterocycles. The van der Waals surface area contributed by atoms with Crippen molar-refractivity contribution in [3.63, 3.8) is 0 Å². The van der Waals surface area contributed by atoms with Crippen LogP contribution < -0.4 is 4.74 Å². The molecule has 0 radical (unpaired) electrons. The van der Waals surface area contributed by atoms with Gasteiger partial charge in [-0.3, -0.25) is 9.59 Å². The lowest BCUT2D eigenvalue weighted by Gasteiger charge is -2.34. The van der Waals surface area contributed by atoms with Crippen LogP contribution in [0.3, 0.4) is 0 Å². The van der Waals surface area contributed by atoms with Crippen LogP contribution in [-0.4, -0.2) is 58.1 Å². The molecule has 0 bridgehead atoms. The van der Waals surface area contributed by atoms with Gasteiger partial charge in [-0.15, -0.1) is 0 Å². The number of ether oxygens (including phenoxy) is 1. The van der Waals surface area contributed by atoms with Gasteiger partial charge >= 0.3 is 0 Å². The normalized spacial score (nSPS) is 15.8. The third kappa shape index (κ3) is 6.00. The molecule has 7 heteroatoms. The van der Waals surface area contributed by atoms with Crippen molar-refractivity contribution in [1.29, 1.82) is 0 Å². The fourth-order valence-corrected chi connectivity index (χ4v) is 4.16. The number of carbonyl (C=O) groups is 2. The number of likely N-dealkylation sites (tertiary alicyclic amines) is 1. The molecule has 1 aromatic heterocycles. The predicted molar refractivity (Wildman–Crippen MR) is 126 cm³/mol. The second kappa shape index (κ2) is 10.8. The lowest BCUT2D eigenvalue weighted by Crippen LogP contribution is -2.46. The highest BCUT2D eigenvalue weighted by Crippen LogP contribution is 2.20. The molecule has 2 amide bonds. The van der Waals surface area contributed by atoms with Gasteiger partial charge in [0.2, 0.25) is 11.8 Å². The average Bonchev–Trinajstić information content (AvgIpc) is 3.33. The summed E-state index contributed by atoms with van der Waals surface area (Å²) in [5.74, 6) is 0.692. The van der Waals surface area contributed by atoms with Crippen molar-refractivity contribution in [2.24, 2.45) is 5.92 Å². The highest BCUT2D eigenvalue weighted by Gasteiger charge is 2.30. The van der Waals surface area contributed by atoms with E-state index in [1.165, 1.54) is 0 Å². The molecule has 0 aliphatic carbocycles. The number of hydrogen-bond acceptors (Lipinski definition) is 4. The summed E-state index contributed by atoms with van der Waals surface area (Å²) >= 11 is 0. The Hall–Kier alpha value is -3.61. The van der Waals surface area contributed by atoms with Crippen molar-refractivity contribution in [1.82, 2.24) is 19.6 Å². The number of benzene rings is 2. The second-order valence-electron chi connectivity index (χ2n) is 8.41. The lowest BCUT2D eigenvalue weighted by molar-refractivity contribution is -0.140. The number of carbonyl (C=O) groups excluding carboxylic acids is 2. The molecule has 1 aliphatic rings. The zero-order valence-corrected chi connectivity index (χ0v) is 19.0. The number of rotatable bonds is 8. The molecule has 1 aliphatic heterocycles. The number of nitrogens with zero attached hydrogens (tertiary/aromatic N) is 4. The van der Waals surface area contributed by atoms with Crippen LogP contribution in [0, 0.1) is 5.92 Å². The Bertz CT molecular complexity index is 1050. The Balaban J connectivity index is 1.27. The third-order valence-electron chi connectivity index (χ3n) is 5.90. The number of piperidine rings is 1. The highest BCUT2D eigenvalue weighted by atomic mass is 16.5. The first-order valence-corrected chi connectivity index (χ1v) is 11.4. The van der Waals surface area contributed by atoms with Crippen LogP contribution >= 0.6 is 0 Å². The molecule has 7 nitrogen and oxygen atoms in total. The molecule has 0 N–H and O–H groups in total. The SMILES string of the molecule is CN(Cc1cnn(-c2ccccc2)c1)C(=O)C1CCCN(C(=O)CCOc2ccccc2)C1. The van der Waals surface area contributed by atoms with Gasteiger partial charge < -0.3 is 14.5 Å². The summed E-state index contributed by atoms with van der Waals surface area (Å²) in [6.07, 6.45) is 5.69. The number of hydrogen-bond donors (Lipinski definition) is 0. The molecule has 1 unspecified atom stereocenters. The van der Waals surface area contributed by atoms with Crippen molar-refractivity contribution >= 4 is 11.8 Å². The lowest BCUT2D eigenvalue weighted by atomic mass is 9.96. The number of para-hydroxylation sites is 2. The van der Waals surface area contributed by atoms with Crippen LogP contribution in [-0.2, 0) is 16.1 Å². The standard InChI is InChI=1S/C26H30N4O3/c1-28(18-21-17-27-30(19-21)23-10-4-2-5-11-23)26(32)22-9-8-15-29(20-22)25(31)14-16-33-24-12-6-3-7-13-24/h2-7,10-13,17,19,22H,8-9,14-16,18,20H2,1H3. The zero-order valence-electron chi connectivity index (χ0n) is 19.0. The molecule has 2 aromatic carbocycles. The quantitative estimate of drug-likeness (QED) is 0.531. The summed E-state index contributed by atoms with van der Waals surface area (Å²) in [7, 11) is 1.82. The minimum Gasteiger partial charge on any atom is -0.493 e. The Labute approximate surface area is 194 Å². The van der Waals surface area contributed by atoms with Gasteiger partial charge in [0, 0.05) is 38.4 Å². The Kier molecular flexibility index (Phi) is 7.40. The van der Waals surface area contributed by atoms with E-state index >= 15 is 0 Å². The molecule has 1 atom stereocenters. The number of amides is 2. The maximum absolute atomic E-state index is 13.1. The van der Waals surface area contributed by atoms with Gasteiger partial charge in [0.1, 0.15) is 5.75 Å². The summed E-state index contributed by atoms with van der Waals surface area (Å²) in [5, 5.41) is 4.41. The van der Waals surface area contributed by atoms with Gasteiger partial charge in [-0.05, 0) is 37.1 Å². The van der Waals surface area contributed by atoms with Gasteiger partial charge in [-0.25, -0.2) is 4.68 Å². The van der Waals surface area contributed by atoms with Crippen LogP contribution in [0.1, 0.15) is 24.8 Å². The molecular weight excluding hydrogens is 416 g/mol. The van der Waals surface area contributed by atoms with E-state index in [0.29, 0.717) is 32.7 Å². The largest absolute Gasteiger partial charge is 0.493 e. The van der Waals surface area contributed by atoms with E-state index in [-0.39, 0.29) is 17.7 Å². The Morgan fingerprint density at radius 3 is 2.58 bits per heavy atom. The van der Waals surface area contributed by atoms with E-state index in [2.05, 4.69) is 5.10 Å². The maximum Gasteiger partial charge on any atom is 0.227 e. The number of aromatic nitrogens is 2. The van der Waals surface area contributed by atoms with Crippen molar-refractivity contribution in [2.75, 3.05) is 26.7 Å². The van der Waals surface area contributed by atoms with Gasteiger partial charge in [0.05, 0.1) is 30.8 Å². The van der Waals surface area contributed by atoms with Crippen LogP contribution in [0.4, 0.5) is 0 Å². The Morgan fingerprint density at radius 1 is 1.09 bits per heavy atom. The highest BCUT2D eigenvalue weighted by molar-refractivity contribution is 5.81. The van der Waals surface area contributed by atoms with Crippen molar-refractivity contribution < 1.29 is 14.3 Å². The van der Waals surface area contributed by atoms with Gasteiger partial charge in [-0.2, -0.15) is 5.10 Å². The smallest absolute Gasteiger partial charge is 0.227 e. The molecule has 172 valence electrons.